The van der Waals surface area contributed by atoms with E-state index >= 15 is 0 Å². The average molecular weight is 432 g/mol. The molecular weight excluding hydrogens is 413 g/mol. The quantitative estimate of drug-likeness (QED) is 0.374. The molecule has 0 radical (unpaired) electrons. The molecule has 0 spiro atoms. The number of aryl methyl sites for hydroxylation is 1. The number of hydrogen-bond donors (Lipinski definition) is 0. The molecule has 4 nitrogen and oxygen atoms in total. The Morgan fingerprint density at radius 1 is 1.00 bits per heavy atom. The third kappa shape index (κ3) is 3.41. The Hall–Kier alpha value is -3.44. The van der Waals surface area contributed by atoms with Gasteiger partial charge in [-0.2, -0.15) is 0 Å². The maximum Gasteiger partial charge on any atom is 0.278 e. The Labute approximate surface area is 183 Å². The van der Waals surface area contributed by atoms with Crippen molar-refractivity contribution in [3.63, 3.8) is 0 Å². The highest BCUT2D eigenvalue weighted by Crippen LogP contribution is 2.29. The van der Waals surface area contributed by atoms with Crippen molar-refractivity contribution in [2.75, 3.05) is 0 Å². The van der Waals surface area contributed by atoms with Gasteiger partial charge in [0.15, 0.2) is 0 Å². The van der Waals surface area contributed by atoms with Gasteiger partial charge in [0, 0.05) is 16.0 Å². The normalized spacial score (nSPS) is 11.5. The van der Waals surface area contributed by atoms with Crippen molar-refractivity contribution in [2.45, 2.75) is 20.0 Å². The first-order valence-electron chi connectivity index (χ1n) is 9.98. The number of hydrogen-bond acceptors (Lipinski definition) is 2. The van der Waals surface area contributed by atoms with Crippen LogP contribution in [0, 0.1) is 12.7 Å². The lowest BCUT2D eigenvalue weighted by molar-refractivity contribution is 0.603. The van der Waals surface area contributed by atoms with E-state index in [-0.39, 0.29) is 12.1 Å². The summed E-state index contributed by atoms with van der Waals surface area (Å²) in [6.07, 6.45) is 1.58. The van der Waals surface area contributed by atoms with Crippen LogP contribution in [0.1, 0.15) is 16.7 Å². The largest absolute Gasteiger partial charge is 0.330 e. The van der Waals surface area contributed by atoms with E-state index in [1.807, 2.05) is 60.0 Å². The highest BCUT2D eigenvalue weighted by atomic mass is 35.5. The third-order valence-corrected chi connectivity index (χ3v) is 5.91. The van der Waals surface area contributed by atoms with Crippen molar-refractivity contribution in [1.29, 1.82) is 0 Å². The monoisotopic (exact) mass is 431 g/mol. The van der Waals surface area contributed by atoms with Gasteiger partial charge in [0.2, 0.25) is 0 Å². The van der Waals surface area contributed by atoms with Crippen LogP contribution >= 0.6 is 11.6 Å². The fourth-order valence-corrected chi connectivity index (χ4v) is 4.24. The summed E-state index contributed by atoms with van der Waals surface area (Å²) in [5.74, 6) is -0.400. The van der Waals surface area contributed by atoms with Gasteiger partial charge in [0.1, 0.15) is 16.9 Å². The maximum absolute atomic E-state index is 14.6. The van der Waals surface area contributed by atoms with Crippen molar-refractivity contribution in [2.24, 2.45) is 0 Å². The van der Waals surface area contributed by atoms with Crippen LogP contribution in [0.5, 0.6) is 0 Å². The summed E-state index contributed by atoms with van der Waals surface area (Å²) in [5.41, 5.74) is 4.12. The molecule has 2 aromatic heterocycles. The summed E-state index contributed by atoms with van der Waals surface area (Å²) in [7, 11) is 0. The summed E-state index contributed by atoms with van der Waals surface area (Å²) < 4.78 is 18.0. The highest BCUT2D eigenvalue weighted by molar-refractivity contribution is 6.31. The standard InChI is InChI=1S/C25H19ClFN3O/c1-16-10-11-22-18(12-16)23-24(30(22)14-19-20(26)8-5-9-21(19)27)25(31)29(15-28-23)13-17-6-3-2-4-7-17/h2-12,15H,13-14H2,1H3. The Morgan fingerprint density at radius 2 is 1.81 bits per heavy atom. The maximum atomic E-state index is 14.6. The number of benzene rings is 3. The molecule has 0 aliphatic rings. The van der Waals surface area contributed by atoms with Crippen molar-refractivity contribution >= 4 is 33.5 Å². The molecule has 0 amide bonds. The van der Waals surface area contributed by atoms with Crippen LogP contribution < -0.4 is 5.56 Å². The molecule has 0 saturated heterocycles. The minimum absolute atomic E-state index is 0.140. The zero-order chi connectivity index (χ0) is 21.5. The second-order valence-corrected chi connectivity index (χ2v) is 8.07. The lowest BCUT2D eigenvalue weighted by Gasteiger charge is -2.11. The molecule has 3 aromatic carbocycles. The van der Waals surface area contributed by atoms with Crippen LogP contribution in [-0.4, -0.2) is 14.1 Å². The minimum atomic E-state index is -0.400. The topological polar surface area (TPSA) is 39.8 Å². The number of rotatable bonds is 4. The van der Waals surface area contributed by atoms with Gasteiger partial charge in [-0.1, -0.05) is 59.6 Å². The van der Waals surface area contributed by atoms with Gasteiger partial charge < -0.3 is 4.57 Å². The Bertz CT molecular complexity index is 1470. The molecule has 0 aliphatic carbocycles. The van der Waals surface area contributed by atoms with Crippen LogP contribution in [0.4, 0.5) is 4.39 Å². The molecular formula is C25H19ClFN3O. The van der Waals surface area contributed by atoms with Crippen LogP contribution in [0.25, 0.3) is 21.9 Å². The van der Waals surface area contributed by atoms with Gasteiger partial charge in [-0.25, -0.2) is 9.37 Å². The van der Waals surface area contributed by atoms with E-state index in [1.54, 1.807) is 23.0 Å². The second kappa shape index (κ2) is 7.67. The molecule has 6 heteroatoms. The summed E-state index contributed by atoms with van der Waals surface area (Å²) in [5, 5.41) is 1.20. The van der Waals surface area contributed by atoms with Crippen LogP contribution in [0.15, 0.2) is 77.9 Å². The predicted octanol–water partition coefficient (Wildman–Crippen LogP) is 5.55. The van der Waals surface area contributed by atoms with Crippen molar-refractivity contribution in [3.05, 3.63) is 111 Å². The van der Waals surface area contributed by atoms with Crippen LogP contribution in [-0.2, 0) is 13.1 Å². The first-order valence-corrected chi connectivity index (χ1v) is 10.4. The third-order valence-electron chi connectivity index (χ3n) is 5.56. The van der Waals surface area contributed by atoms with E-state index in [9.17, 15) is 9.18 Å². The second-order valence-electron chi connectivity index (χ2n) is 7.67. The Kier molecular flexibility index (Phi) is 4.83. The van der Waals surface area contributed by atoms with Crippen LogP contribution in [0.3, 0.4) is 0 Å². The van der Waals surface area contributed by atoms with E-state index in [0.29, 0.717) is 28.2 Å². The number of nitrogens with zero attached hydrogens (tertiary/aromatic N) is 3. The van der Waals surface area contributed by atoms with Crippen molar-refractivity contribution in [1.82, 2.24) is 14.1 Å². The average Bonchev–Trinajstić information content (AvgIpc) is 3.07. The molecule has 0 aliphatic heterocycles. The molecule has 0 atom stereocenters. The zero-order valence-electron chi connectivity index (χ0n) is 16.8. The summed E-state index contributed by atoms with van der Waals surface area (Å²) in [4.78, 5) is 18.2. The van der Waals surface area contributed by atoms with E-state index in [0.717, 1.165) is 22.0 Å². The van der Waals surface area contributed by atoms with Crippen molar-refractivity contribution < 1.29 is 4.39 Å². The molecule has 2 heterocycles. The SMILES string of the molecule is Cc1ccc2c(c1)c1ncn(Cc3ccccc3)c(=O)c1n2Cc1c(F)cccc1Cl. The lowest BCUT2D eigenvalue weighted by Crippen LogP contribution is -2.23. The van der Waals surface area contributed by atoms with E-state index < -0.39 is 5.82 Å². The molecule has 154 valence electrons. The fraction of sp³-hybridized carbons (Fsp3) is 0.120. The molecule has 0 saturated carbocycles. The Balaban J connectivity index is 1.77. The molecule has 31 heavy (non-hydrogen) atoms. The Morgan fingerprint density at radius 3 is 2.58 bits per heavy atom. The number of halogens is 2. The van der Waals surface area contributed by atoms with E-state index in [4.69, 9.17) is 11.6 Å². The smallest absolute Gasteiger partial charge is 0.278 e. The van der Waals surface area contributed by atoms with E-state index in [1.165, 1.54) is 6.07 Å². The summed E-state index contributed by atoms with van der Waals surface area (Å²) >= 11 is 6.30. The highest BCUT2D eigenvalue weighted by Gasteiger charge is 2.19. The van der Waals surface area contributed by atoms with Gasteiger partial charge in [-0.15, -0.1) is 0 Å². The fourth-order valence-electron chi connectivity index (χ4n) is 4.01. The summed E-state index contributed by atoms with van der Waals surface area (Å²) in [6.45, 7) is 2.54. The molecule has 0 N–H and O–H groups in total. The lowest BCUT2D eigenvalue weighted by atomic mass is 10.1. The van der Waals surface area contributed by atoms with Gasteiger partial charge >= 0.3 is 0 Å². The molecule has 0 unspecified atom stereocenters. The van der Waals surface area contributed by atoms with Crippen molar-refractivity contribution in [3.8, 4) is 0 Å². The number of fused-ring (bicyclic) bond motifs is 3. The van der Waals surface area contributed by atoms with Gasteiger partial charge in [-0.05, 0) is 36.8 Å². The predicted molar refractivity (Wildman–Crippen MR) is 122 cm³/mol. The van der Waals surface area contributed by atoms with Gasteiger partial charge in [0.05, 0.1) is 24.9 Å². The molecule has 0 fully saturated rings. The molecule has 5 rings (SSSR count). The molecule has 5 aromatic rings. The van der Waals surface area contributed by atoms with Gasteiger partial charge in [0.25, 0.3) is 5.56 Å². The minimum Gasteiger partial charge on any atom is -0.330 e. The first kappa shape index (κ1) is 19.5. The zero-order valence-corrected chi connectivity index (χ0v) is 17.6. The first-order chi connectivity index (χ1) is 15.0. The van der Waals surface area contributed by atoms with E-state index in [2.05, 4.69) is 4.98 Å². The number of aromatic nitrogens is 3. The van der Waals surface area contributed by atoms with Gasteiger partial charge in [-0.3, -0.25) is 9.36 Å². The van der Waals surface area contributed by atoms with Crippen LogP contribution in [0.2, 0.25) is 5.02 Å². The molecule has 0 bridgehead atoms. The summed E-state index contributed by atoms with van der Waals surface area (Å²) in [6, 6.07) is 20.3.